The van der Waals surface area contributed by atoms with E-state index in [4.69, 9.17) is 9.47 Å². The first-order chi connectivity index (χ1) is 14.3. The van der Waals surface area contributed by atoms with E-state index in [2.05, 4.69) is 57.0 Å². The second kappa shape index (κ2) is 13.7. The van der Waals surface area contributed by atoms with Crippen LogP contribution in [-0.2, 0) is 9.47 Å². The Morgan fingerprint density at radius 3 is 2.48 bits per heavy atom. The Hall–Kier alpha value is -1.59. The quantitative estimate of drug-likeness (QED) is 0.211. The zero-order chi connectivity index (χ0) is 22.0. The molecular formula is C22H38IN5O3. The van der Waals surface area contributed by atoms with Crippen molar-refractivity contribution in [1.29, 1.82) is 0 Å². The zero-order valence-corrected chi connectivity index (χ0v) is 21.7. The number of aryl methyl sites for hydroxylation is 1. The van der Waals surface area contributed by atoms with Gasteiger partial charge < -0.3 is 25.4 Å². The summed E-state index contributed by atoms with van der Waals surface area (Å²) < 4.78 is 10.8. The van der Waals surface area contributed by atoms with Gasteiger partial charge in [0.05, 0.1) is 19.3 Å². The van der Waals surface area contributed by atoms with Crippen molar-refractivity contribution in [3.8, 4) is 0 Å². The first kappa shape index (κ1) is 27.4. The van der Waals surface area contributed by atoms with Crippen molar-refractivity contribution >= 4 is 36.0 Å². The summed E-state index contributed by atoms with van der Waals surface area (Å²) >= 11 is 0. The molecule has 0 spiro atoms. The highest BCUT2D eigenvalue weighted by atomic mass is 127. The van der Waals surface area contributed by atoms with Crippen molar-refractivity contribution in [2.75, 3.05) is 53.0 Å². The van der Waals surface area contributed by atoms with E-state index in [1.54, 1.807) is 7.05 Å². The molecule has 0 aromatic heterocycles. The van der Waals surface area contributed by atoms with Gasteiger partial charge >= 0.3 is 6.09 Å². The highest BCUT2D eigenvalue weighted by molar-refractivity contribution is 14.0. The van der Waals surface area contributed by atoms with Crippen LogP contribution in [0.15, 0.2) is 29.3 Å². The number of guanidine groups is 1. The van der Waals surface area contributed by atoms with Crippen molar-refractivity contribution in [2.24, 2.45) is 4.99 Å². The maximum atomic E-state index is 11.7. The molecule has 1 aromatic carbocycles. The highest BCUT2D eigenvalue weighted by Crippen LogP contribution is 2.22. The summed E-state index contributed by atoms with van der Waals surface area (Å²) in [7, 11) is 1.74. The normalized spacial score (nSPS) is 16.1. The van der Waals surface area contributed by atoms with E-state index >= 15 is 0 Å². The van der Waals surface area contributed by atoms with Crippen LogP contribution in [0.5, 0.6) is 0 Å². The van der Waals surface area contributed by atoms with Gasteiger partial charge in [0.2, 0.25) is 0 Å². The monoisotopic (exact) mass is 547 g/mol. The Labute approximate surface area is 203 Å². The minimum atomic E-state index is -0.501. The Bertz CT molecular complexity index is 703. The van der Waals surface area contributed by atoms with E-state index in [9.17, 15) is 4.79 Å². The number of carbonyl (C=O) groups excluding carboxylic acids is 1. The first-order valence-corrected chi connectivity index (χ1v) is 10.6. The van der Waals surface area contributed by atoms with Crippen molar-refractivity contribution in [2.45, 2.75) is 39.3 Å². The largest absolute Gasteiger partial charge is 0.444 e. The van der Waals surface area contributed by atoms with E-state index in [1.807, 2.05) is 20.8 Å². The fraction of sp³-hybridized carbons (Fsp3) is 0.636. The summed E-state index contributed by atoms with van der Waals surface area (Å²) in [4.78, 5) is 18.5. The molecule has 1 atom stereocenters. The van der Waals surface area contributed by atoms with Crippen molar-refractivity contribution in [3.05, 3.63) is 35.4 Å². The van der Waals surface area contributed by atoms with Gasteiger partial charge in [0.1, 0.15) is 5.60 Å². The lowest BCUT2D eigenvalue weighted by atomic mass is 10.0. The molecule has 176 valence electrons. The minimum absolute atomic E-state index is 0. The molecule has 1 aliphatic heterocycles. The van der Waals surface area contributed by atoms with Gasteiger partial charge in [0.15, 0.2) is 5.96 Å². The average molecular weight is 547 g/mol. The predicted molar refractivity (Wildman–Crippen MR) is 135 cm³/mol. The van der Waals surface area contributed by atoms with Gasteiger partial charge in [-0.25, -0.2) is 4.79 Å². The number of alkyl carbamates (subject to hydrolysis) is 1. The minimum Gasteiger partial charge on any atom is -0.444 e. The molecule has 1 heterocycles. The lowest BCUT2D eigenvalue weighted by Gasteiger charge is -2.35. The molecule has 1 unspecified atom stereocenters. The number of hydrogen-bond donors (Lipinski definition) is 3. The SMILES string of the molecule is CN=C(NCCNC(=O)OC(C)(C)C)NCC(c1cccc(C)c1)N1CCOCC1.I. The molecular weight excluding hydrogens is 509 g/mol. The first-order valence-electron chi connectivity index (χ1n) is 10.6. The maximum absolute atomic E-state index is 11.7. The van der Waals surface area contributed by atoms with Gasteiger partial charge in [-0.05, 0) is 33.3 Å². The van der Waals surface area contributed by atoms with Gasteiger partial charge in [-0.15, -0.1) is 24.0 Å². The van der Waals surface area contributed by atoms with Gasteiger partial charge in [0, 0.05) is 39.8 Å². The van der Waals surface area contributed by atoms with E-state index in [0.29, 0.717) is 19.0 Å². The molecule has 8 nitrogen and oxygen atoms in total. The number of halogens is 1. The third kappa shape index (κ3) is 10.5. The number of amides is 1. The Morgan fingerprint density at radius 1 is 1.19 bits per heavy atom. The molecule has 0 aliphatic carbocycles. The Morgan fingerprint density at radius 2 is 1.87 bits per heavy atom. The van der Waals surface area contributed by atoms with E-state index in [1.165, 1.54) is 11.1 Å². The predicted octanol–water partition coefficient (Wildman–Crippen LogP) is 2.68. The third-order valence-electron chi connectivity index (χ3n) is 4.69. The number of rotatable bonds is 7. The molecule has 2 rings (SSSR count). The summed E-state index contributed by atoms with van der Waals surface area (Å²) in [6.07, 6.45) is -0.418. The van der Waals surface area contributed by atoms with Crippen LogP contribution in [0, 0.1) is 6.92 Å². The summed E-state index contributed by atoms with van der Waals surface area (Å²) in [5.74, 6) is 0.701. The molecule has 3 N–H and O–H groups in total. The number of hydrogen-bond acceptors (Lipinski definition) is 5. The van der Waals surface area contributed by atoms with Crippen LogP contribution in [-0.4, -0.2) is 75.5 Å². The van der Waals surface area contributed by atoms with Gasteiger partial charge in [0.25, 0.3) is 0 Å². The smallest absolute Gasteiger partial charge is 0.407 e. The molecule has 9 heteroatoms. The van der Waals surface area contributed by atoms with Crippen LogP contribution in [0.2, 0.25) is 0 Å². The van der Waals surface area contributed by atoms with E-state index in [0.717, 1.165) is 32.8 Å². The standard InChI is InChI=1S/C22H37N5O3.HI/c1-17-7-6-8-18(15-17)19(27-11-13-29-14-12-27)16-26-20(23-5)24-9-10-25-21(28)30-22(2,3)4;/h6-8,15,19H,9-14,16H2,1-5H3,(H,25,28)(H2,23,24,26);1H. The van der Waals surface area contributed by atoms with Crippen molar-refractivity contribution in [3.63, 3.8) is 0 Å². The summed E-state index contributed by atoms with van der Waals surface area (Å²) in [5, 5.41) is 9.40. The third-order valence-corrected chi connectivity index (χ3v) is 4.69. The van der Waals surface area contributed by atoms with Gasteiger partial charge in [-0.1, -0.05) is 29.8 Å². The number of nitrogens with one attached hydrogen (secondary N) is 3. The highest BCUT2D eigenvalue weighted by Gasteiger charge is 2.23. The second-order valence-electron chi connectivity index (χ2n) is 8.39. The number of ether oxygens (including phenoxy) is 2. The average Bonchev–Trinajstić information content (AvgIpc) is 2.69. The maximum Gasteiger partial charge on any atom is 0.407 e. The van der Waals surface area contributed by atoms with E-state index < -0.39 is 11.7 Å². The molecule has 1 amide bonds. The van der Waals surface area contributed by atoms with Crippen LogP contribution < -0.4 is 16.0 Å². The number of morpholine rings is 1. The van der Waals surface area contributed by atoms with Gasteiger partial charge in [-0.2, -0.15) is 0 Å². The zero-order valence-electron chi connectivity index (χ0n) is 19.4. The Kier molecular flexibility index (Phi) is 12.2. The topological polar surface area (TPSA) is 87.2 Å². The van der Waals surface area contributed by atoms with E-state index in [-0.39, 0.29) is 30.0 Å². The Balaban J connectivity index is 0.00000480. The van der Waals surface area contributed by atoms with Crippen molar-refractivity contribution in [1.82, 2.24) is 20.9 Å². The lowest BCUT2D eigenvalue weighted by Crippen LogP contribution is -2.47. The molecule has 1 fully saturated rings. The molecule has 1 saturated heterocycles. The van der Waals surface area contributed by atoms with Crippen LogP contribution in [0.25, 0.3) is 0 Å². The van der Waals surface area contributed by atoms with Crippen LogP contribution >= 0.6 is 24.0 Å². The molecule has 1 aliphatic rings. The number of aliphatic imine (C=N–C) groups is 1. The number of benzene rings is 1. The van der Waals surface area contributed by atoms with Gasteiger partial charge in [-0.3, -0.25) is 9.89 Å². The fourth-order valence-corrected chi connectivity index (χ4v) is 3.30. The molecule has 31 heavy (non-hydrogen) atoms. The fourth-order valence-electron chi connectivity index (χ4n) is 3.30. The van der Waals surface area contributed by atoms with Crippen molar-refractivity contribution < 1.29 is 14.3 Å². The molecule has 0 bridgehead atoms. The number of nitrogens with zero attached hydrogens (tertiary/aromatic N) is 2. The summed E-state index contributed by atoms with van der Waals surface area (Å²) in [6.45, 7) is 12.7. The summed E-state index contributed by atoms with van der Waals surface area (Å²) in [6, 6.07) is 8.87. The molecule has 0 saturated carbocycles. The number of carbonyl (C=O) groups is 1. The summed E-state index contributed by atoms with van der Waals surface area (Å²) in [5.41, 5.74) is 2.03. The lowest BCUT2D eigenvalue weighted by molar-refractivity contribution is 0.0170. The molecule has 0 radical (unpaired) electrons. The van der Waals surface area contributed by atoms with Crippen LogP contribution in [0.4, 0.5) is 4.79 Å². The second-order valence-corrected chi connectivity index (χ2v) is 8.39. The van der Waals surface area contributed by atoms with Crippen LogP contribution in [0.3, 0.4) is 0 Å². The van der Waals surface area contributed by atoms with Crippen LogP contribution in [0.1, 0.15) is 37.9 Å². The molecule has 1 aromatic rings.